The second-order valence-electron chi connectivity index (χ2n) is 3.91. The van der Waals surface area contributed by atoms with Gasteiger partial charge in [-0.15, -0.1) is 0 Å². The molecule has 0 radical (unpaired) electrons. The van der Waals surface area contributed by atoms with Gasteiger partial charge in [0.1, 0.15) is 5.82 Å². The van der Waals surface area contributed by atoms with E-state index in [-0.39, 0.29) is 5.54 Å². The maximum atomic E-state index is 4.17. The summed E-state index contributed by atoms with van der Waals surface area (Å²) in [5, 5.41) is 7.55. The van der Waals surface area contributed by atoms with Gasteiger partial charge in [0.15, 0.2) is 0 Å². The van der Waals surface area contributed by atoms with Gasteiger partial charge in [0.25, 0.3) is 0 Å². The molecule has 68 valence electrons. The molecule has 0 aliphatic heterocycles. The first-order valence-electron chi connectivity index (χ1n) is 4.33. The largest absolute Gasteiger partial charge is 0.366 e. The molecule has 0 spiro atoms. The number of hydrogen-bond donors (Lipinski definition) is 1. The molecule has 1 heterocycles. The third-order valence-corrected chi connectivity index (χ3v) is 1.52. The Labute approximate surface area is 73.8 Å². The quantitative estimate of drug-likeness (QED) is 0.731. The standard InChI is InChI=1S/C9H17N3/c1-5-12-8(6-7-10-12)11-9(2,3)4/h6-7,11H,5H2,1-4H3. The molecule has 0 saturated heterocycles. The van der Waals surface area contributed by atoms with Crippen LogP contribution in [0.4, 0.5) is 5.82 Å². The molecule has 0 saturated carbocycles. The average Bonchev–Trinajstić information content (AvgIpc) is 2.31. The summed E-state index contributed by atoms with van der Waals surface area (Å²) in [4.78, 5) is 0. The Morgan fingerprint density at radius 1 is 1.50 bits per heavy atom. The smallest absolute Gasteiger partial charge is 0.124 e. The summed E-state index contributed by atoms with van der Waals surface area (Å²) in [6, 6.07) is 1.99. The number of hydrogen-bond acceptors (Lipinski definition) is 2. The first kappa shape index (κ1) is 9.10. The van der Waals surface area contributed by atoms with E-state index in [1.54, 1.807) is 0 Å². The van der Waals surface area contributed by atoms with Gasteiger partial charge in [0.2, 0.25) is 0 Å². The van der Waals surface area contributed by atoms with E-state index in [1.165, 1.54) is 0 Å². The normalized spacial score (nSPS) is 11.7. The SMILES string of the molecule is CCn1nccc1NC(C)(C)C. The Hall–Kier alpha value is -0.990. The van der Waals surface area contributed by atoms with Crippen LogP contribution >= 0.6 is 0 Å². The van der Waals surface area contributed by atoms with Crippen LogP contribution in [-0.4, -0.2) is 15.3 Å². The molecule has 0 bridgehead atoms. The minimum atomic E-state index is 0.104. The van der Waals surface area contributed by atoms with Crippen LogP contribution in [0.15, 0.2) is 12.3 Å². The van der Waals surface area contributed by atoms with Crippen LogP contribution in [0, 0.1) is 0 Å². The highest BCUT2D eigenvalue weighted by Gasteiger charge is 2.11. The fourth-order valence-corrected chi connectivity index (χ4v) is 1.08. The van der Waals surface area contributed by atoms with Gasteiger partial charge in [-0.05, 0) is 27.7 Å². The molecule has 3 heteroatoms. The summed E-state index contributed by atoms with van der Waals surface area (Å²) < 4.78 is 1.95. The number of rotatable bonds is 2. The van der Waals surface area contributed by atoms with Gasteiger partial charge < -0.3 is 5.32 Å². The van der Waals surface area contributed by atoms with Gasteiger partial charge in [0, 0.05) is 18.2 Å². The zero-order valence-corrected chi connectivity index (χ0v) is 8.26. The summed E-state index contributed by atoms with van der Waals surface area (Å²) in [5.74, 6) is 1.09. The zero-order valence-electron chi connectivity index (χ0n) is 8.26. The van der Waals surface area contributed by atoms with Crippen LogP contribution in [0.3, 0.4) is 0 Å². The summed E-state index contributed by atoms with van der Waals surface area (Å²) in [5.41, 5.74) is 0.104. The van der Waals surface area contributed by atoms with Crippen molar-refractivity contribution >= 4 is 5.82 Å². The summed E-state index contributed by atoms with van der Waals surface area (Å²) >= 11 is 0. The average molecular weight is 167 g/mol. The van der Waals surface area contributed by atoms with Gasteiger partial charge >= 0.3 is 0 Å². The monoisotopic (exact) mass is 167 g/mol. The molecule has 0 aliphatic carbocycles. The van der Waals surface area contributed by atoms with Gasteiger partial charge in [-0.3, -0.25) is 4.68 Å². The summed E-state index contributed by atoms with van der Waals surface area (Å²) in [6.07, 6.45) is 1.82. The van der Waals surface area contributed by atoms with E-state index in [0.29, 0.717) is 0 Å². The number of nitrogens with one attached hydrogen (secondary N) is 1. The number of aromatic nitrogens is 2. The molecular weight excluding hydrogens is 150 g/mol. The zero-order chi connectivity index (χ0) is 9.19. The maximum absolute atomic E-state index is 4.17. The predicted octanol–water partition coefficient (Wildman–Crippen LogP) is 2.11. The van der Waals surface area contributed by atoms with Gasteiger partial charge in [-0.25, -0.2) is 0 Å². The predicted molar refractivity (Wildman–Crippen MR) is 51.3 cm³/mol. The van der Waals surface area contributed by atoms with Crippen molar-refractivity contribution in [3.8, 4) is 0 Å². The molecule has 0 aromatic carbocycles. The van der Waals surface area contributed by atoms with Crippen LogP contribution in [-0.2, 0) is 6.54 Å². The third kappa shape index (κ3) is 2.26. The topological polar surface area (TPSA) is 29.9 Å². The van der Waals surface area contributed by atoms with Crippen molar-refractivity contribution in [3.05, 3.63) is 12.3 Å². The maximum Gasteiger partial charge on any atom is 0.124 e. The molecule has 0 aliphatic rings. The highest BCUT2D eigenvalue weighted by molar-refractivity contribution is 5.36. The molecule has 1 aromatic rings. The van der Waals surface area contributed by atoms with Crippen molar-refractivity contribution in [3.63, 3.8) is 0 Å². The number of nitrogens with zero attached hydrogens (tertiary/aromatic N) is 2. The summed E-state index contributed by atoms with van der Waals surface area (Å²) in [7, 11) is 0. The van der Waals surface area contributed by atoms with Gasteiger partial charge in [-0.1, -0.05) is 0 Å². The van der Waals surface area contributed by atoms with E-state index in [2.05, 4.69) is 38.1 Å². The van der Waals surface area contributed by atoms with E-state index in [9.17, 15) is 0 Å². The molecule has 1 N–H and O–H groups in total. The van der Waals surface area contributed by atoms with Crippen LogP contribution in [0.25, 0.3) is 0 Å². The summed E-state index contributed by atoms with van der Waals surface area (Å²) in [6.45, 7) is 9.41. The van der Waals surface area contributed by atoms with E-state index < -0.39 is 0 Å². The van der Waals surface area contributed by atoms with Crippen LogP contribution < -0.4 is 5.32 Å². The molecule has 0 amide bonds. The molecule has 1 rings (SSSR count). The molecule has 12 heavy (non-hydrogen) atoms. The van der Waals surface area contributed by atoms with Gasteiger partial charge in [-0.2, -0.15) is 5.10 Å². The van der Waals surface area contributed by atoms with Crippen molar-refractivity contribution in [2.24, 2.45) is 0 Å². The first-order chi connectivity index (χ1) is 5.53. The van der Waals surface area contributed by atoms with Crippen molar-refractivity contribution in [1.29, 1.82) is 0 Å². The Balaban J connectivity index is 2.75. The lowest BCUT2D eigenvalue weighted by molar-refractivity contribution is 0.599. The molecular formula is C9H17N3. The second-order valence-corrected chi connectivity index (χ2v) is 3.91. The second kappa shape index (κ2) is 3.17. The van der Waals surface area contributed by atoms with Gasteiger partial charge in [0.05, 0.1) is 6.20 Å². The number of aryl methyl sites for hydroxylation is 1. The van der Waals surface area contributed by atoms with Crippen molar-refractivity contribution in [2.75, 3.05) is 5.32 Å². The molecule has 3 nitrogen and oxygen atoms in total. The Bertz CT molecular complexity index is 245. The van der Waals surface area contributed by atoms with E-state index in [1.807, 2.05) is 16.9 Å². The third-order valence-electron chi connectivity index (χ3n) is 1.52. The van der Waals surface area contributed by atoms with Crippen LogP contribution in [0.2, 0.25) is 0 Å². The van der Waals surface area contributed by atoms with Crippen molar-refractivity contribution in [2.45, 2.75) is 39.8 Å². The lowest BCUT2D eigenvalue weighted by Crippen LogP contribution is -2.27. The number of anilines is 1. The fourth-order valence-electron chi connectivity index (χ4n) is 1.08. The minimum absolute atomic E-state index is 0.104. The van der Waals surface area contributed by atoms with Crippen LogP contribution in [0.5, 0.6) is 0 Å². The molecule has 0 fully saturated rings. The molecule has 0 atom stereocenters. The first-order valence-corrected chi connectivity index (χ1v) is 4.33. The molecule has 0 unspecified atom stereocenters. The van der Waals surface area contributed by atoms with E-state index in [0.717, 1.165) is 12.4 Å². The van der Waals surface area contributed by atoms with Crippen molar-refractivity contribution < 1.29 is 0 Å². The lowest BCUT2D eigenvalue weighted by atomic mass is 10.1. The highest BCUT2D eigenvalue weighted by atomic mass is 15.3. The minimum Gasteiger partial charge on any atom is -0.366 e. The Morgan fingerprint density at radius 2 is 2.17 bits per heavy atom. The Morgan fingerprint density at radius 3 is 2.67 bits per heavy atom. The van der Waals surface area contributed by atoms with Crippen molar-refractivity contribution in [1.82, 2.24) is 9.78 Å². The Kier molecular flexibility index (Phi) is 2.40. The van der Waals surface area contributed by atoms with Crippen LogP contribution in [0.1, 0.15) is 27.7 Å². The van der Waals surface area contributed by atoms with E-state index in [4.69, 9.17) is 0 Å². The lowest BCUT2D eigenvalue weighted by Gasteiger charge is -2.22. The fraction of sp³-hybridized carbons (Fsp3) is 0.667. The van der Waals surface area contributed by atoms with E-state index >= 15 is 0 Å². The highest BCUT2D eigenvalue weighted by Crippen LogP contribution is 2.13. The molecule has 1 aromatic heterocycles.